The van der Waals surface area contributed by atoms with Gasteiger partial charge in [-0.3, -0.25) is 0 Å². The molecule has 2 radical (unpaired) electrons. The van der Waals surface area contributed by atoms with Crippen LogP contribution in [0.2, 0.25) is 0 Å². The molecule has 18 heteroatoms. The van der Waals surface area contributed by atoms with Gasteiger partial charge < -0.3 is 49.6 Å². The summed E-state index contributed by atoms with van der Waals surface area (Å²) in [4.78, 5) is 84.3. The summed E-state index contributed by atoms with van der Waals surface area (Å²) >= 11 is 0. The number of hydrogen-bond acceptors (Lipinski definition) is 14. The SMILES string of the molecule is O=C([O-])c1c(C(=O)[O-])c(C(=O)[O-])c2c3nc4nc(nc5[nH]c(nc6nc(nc([nH]3)c2c1C(=O)[O-])-c1ccccc1-6)c1ccccc51)-c1ccccc1-4.[Co+2].[Co+2]. The summed E-state index contributed by atoms with van der Waals surface area (Å²) in [6.07, 6.45) is 0. The Morgan fingerprint density at radius 3 is 0.981 bits per heavy atom. The molecule has 9 rings (SSSR count). The van der Waals surface area contributed by atoms with E-state index in [1.165, 1.54) is 0 Å². The molecule has 54 heavy (non-hydrogen) atoms. The van der Waals surface area contributed by atoms with E-state index in [0.29, 0.717) is 44.3 Å². The van der Waals surface area contributed by atoms with Crippen LogP contribution in [-0.4, -0.2) is 63.7 Å². The first-order chi connectivity index (χ1) is 25.1. The van der Waals surface area contributed by atoms with Crippen molar-refractivity contribution in [2.24, 2.45) is 0 Å². The predicted molar refractivity (Wildman–Crippen MR) is 173 cm³/mol. The second-order valence-corrected chi connectivity index (χ2v) is 11.6. The average molecular weight is 804 g/mol. The van der Waals surface area contributed by atoms with Crippen LogP contribution in [0.15, 0.2) is 72.8 Å². The first-order valence-electron chi connectivity index (χ1n) is 15.3. The zero-order chi connectivity index (χ0) is 36.0. The summed E-state index contributed by atoms with van der Waals surface area (Å²) < 4.78 is 0. The maximum atomic E-state index is 12.7. The first-order valence-corrected chi connectivity index (χ1v) is 15.3. The van der Waals surface area contributed by atoms with Crippen molar-refractivity contribution >= 4 is 68.0 Å². The molecule has 3 aromatic heterocycles. The van der Waals surface area contributed by atoms with Crippen LogP contribution in [0.5, 0.6) is 0 Å². The van der Waals surface area contributed by atoms with Crippen LogP contribution < -0.4 is 20.4 Å². The Bertz CT molecular complexity index is 2820. The summed E-state index contributed by atoms with van der Waals surface area (Å²) in [5.41, 5.74) is -3.81. The zero-order valence-electron chi connectivity index (χ0n) is 26.5. The Kier molecular flexibility index (Phi) is 8.53. The fourth-order valence-corrected chi connectivity index (χ4v) is 6.72. The number of carbonyl (C=O) groups is 4. The number of aromatic amines is 2. The van der Waals surface area contributed by atoms with Gasteiger partial charge in [0, 0.05) is 66.1 Å². The molecule has 2 aliphatic heterocycles. The summed E-state index contributed by atoms with van der Waals surface area (Å²) in [5, 5.41) is 50.3. The smallest absolute Gasteiger partial charge is 0.545 e. The standard InChI is InChI=1S/C36H18N8O8.2Co/c45-33(46)21-19-20(22(34(47)48)24(36(51)52)23(21)35(49)50)32-43-30-18-12-6-4-10-16(18)28(41-30)39-26-14-8-2-1-7-13(14)25(37-26)38-27-15-9-3-5-11-17(15)29(40-27)42-31(19)44-32;;/h1-12H,(H,45,46)(H,47,48)(H,49,50)(H,51,52)(H2,37,38,39,40,41,42,43,44);;/q;2*+2/p-4. The van der Waals surface area contributed by atoms with Gasteiger partial charge in [-0.25, -0.2) is 29.9 Å². The topological polar surface area (TPSA) is 269 Å². The summed E-state index contributed by atoms with van der Waals surface area (Å²) in [6.45, 7) is 0. The van der Waals surface area contributed by atoms with E-state index in [4.69, 9.17) is 9.97 Å². The molecular weight excluding hydrogens is 790 g/mol. The number of nitrogens with zero attached hydrogens (tertiary/aromatic N) is 6. The molecule has 5 heterocycles. The molecule has 2 N–H and O–H groups in total. The Labute approximate surface area is 320 Å². The number of carboxylic acid groups (broad SMARTS) is 4. The van der Waals surface area contributed by atoms with Crippen LogP contribution in [0, 0.1) is 0 Å². The molecule has 0 fully saturated rings. The summed E-state index contributed by atoms with van der Waals surface area (Å²) in [7, 11) is 0. The van der Waals surface area contributed by atoms with E-state index in [-0.39, 0.29) is 56.9 Å². The van der Waals surface area contributed by atoms with Gasteiger partial charge in [0.05, 0.1) is 23.9 Å². The molecule has 7 aromatic rings. The second-order valence-electron chi connectivity index (χ2n) is 11.6. The maximum absolute atomic E-state index is 12.7. The minimum absolute atomic E-state index is 0. The van der Waals surface area contributed by atoms with Crippen LogP contribution in [0.3, 0.4) is 0 Å². The molecule has 0 aliphatic carbocycles. The minimum Gasteiger partial charge on any atom is -0.545 e. The van der Waals surface area contributed by atoms with Crippen molar-refractivity contribution in [3.8, 4) is 45.6 Å². The van der Waals surface area contributed by atoms with Gasteiger partial charge in [-0.15, -0.1) is 0 Å². The number of benzene rings is 4. The monoisotopic (exact) mass is 804 g/mol. The molecule has 0 spiro atoms. The maximum Gasteiger partial charge on any atom is 2.00 e. The molecule has 0 saturated carbocycles. The third-order valence-corrected chi connectivity index (χ3v) is 8.81. The van der Waals surface area contributed by atoms with Crippen molar-refractivity contribution < 1.29 is 73.2 Å². The van der Waals surface area contributed by atoms with E-state index >= 15 is 0 Å². The van der Waals surface area contributed by atoms with Gasteiger partial charge in [0.1, 0.15) is 22.6 Å². The number of H-pyrrole nitrogens is 2. The number of aromatic carboxylic acids is 4. The largest absolute Gasteiger partial charge is 2.00 e. The molecule has 0 unspecified atom stereocenters. The van der Waals surface area contributed by atoms with Crippen molar-refractivity contribution in [1.29, 1.82) is 0 Å². The van der Waals surface area contributed by atoms with Gasteiger partial charge in [0.25, 0.3) is 0 Å². The Balaban J connectivity index is 0.00000225. The predicted octanol–water partition coefficient (Wildman–Crippen LogP) is 0.318. The number of rotatable bonds is 4. The quantitative estimate of drug-likeness (QED) is 0.243. The van der Waals surface area contributed by atoms with Crippen LogP contribution in [0.25, 0.3) is 89.7 Å². The van der Waals surface area contributed by atoms with Crippen LogP contribution in [0.4, 0.5) is 0 Å². The van der Waals surface area contributed by atoms with E-state index in [9.17, 15) is 39.6 Å². The number of fused-ring (bicyclic) bond motifs is 20. The molecule has 264 valence electrons. The van der Waals surface area contributed by atoms with Gasteiger partial charge >= 0.3 is 33.6 Å². The van der Waals surface area contributed by atoms with E-state index in [1.807, 2.05) is 24.3 Å². The molecule has 4 aromatic carbocycles. The molecule has 0 amide bonds. The Morgan fingerprint density at radius 1 is 0.389 bits per heavy atom. The molecule has 0 atom stereocenters. The van der Waals surface area contributed by atoms with E-state index in [1.54, 1.807) is 48.5 Å². The molecular formula is C36H14Co2N8O8. The van der Waals surface area contributed by atoms with Crippen molar-refractivity contribution in [3.63, 3.8) is 0 Å². The third-order valence-electron chi connectivity index (χ3n) is 8.81. The van der Waals surface area contributed by atoms with Crippen molar-refractivity contribution in [2.75, 3.05) is 0 Å². The van der Waals surface area contributed by atoms with Crippen LogP contribution >= 0.6 is 0 Å². The second kappa shape index (κ2) is 13.0. The minimum atomic E-state index is -2.34. The third kappa shape index (κ3) is 5.19. The summed E-state index contributed by atoms with van der Waals surface area (Å²) in [6, 6.07) is 21.0. The van der Waals surface area contributed by atoms with Gasteiger partial charge in [0.15, 0.2) is 23.3 Å². The Hall–Kier alpha value is -6.87. The van der Waals surface area contributed by atoms with Crippen molar-refractivity contribution in [2.45, 2.75) is 0 Å². The fraction of sp³-hybridized carbons (Fsp3) is 0. The van der Waals surface area contributed by atoms with Crippen LogP contribution in [-0.2, 0) is 33.6 Å². The number of hydrogen-bond donors (Lipinski definition) is 2. The van der Waals surface area contributed by atoms with Gasteiger partial charge in [-0.1, -0.05) is 72.8 Å². The van der Waals surface area contributed by atoms with Crippen molar-refractivity contribution in [3.05, 3.63) is 95.1 Å². The normalized spacial score (nSPS) is 11.3. The Morgan fingerprint density at radius 2 is 0.667 bits per heavy atom. The van der Waals surface area contributed by atoms with Crippen LogP contribution in [0.1, 0.15) is 41.4 Å². The fourth-order valence-electron chi connectivity index (χ4n) is 6.72. The summed E-state index contributed by atoms with van der Waals surface area (Å²) in [5.74, 6) is -8.77. The first kappa shape index (κ1) is 35.5. The molecule has 0 saturated heterocycles. The number of nitrogens with one attached hydrogen (secondary N) is 2. The molecule has 2 aliphatic rings. The molecule has 16 nitrogen and oxygen atoms in total. The number of carboxylic acids is 4. The van der Waals surface area contributed by atoms with E-state index in [0.717, 1.165) is 0 Å². The van der Waals surface area contributed by atoms with Gasteiger partial charge in [0.2, 0.25) is 0 Å². The van der Waals surface area contributed by atoms with E-state index < -0.39 is 68.2 Å². The van der Waals surface area contributed by atoms with Gasteiger partial charge in [-0.05, 0) is 0 Å². The average Bonchev–Trinajstić information content (AvgIpc) is 3.86. The van der Waals surface area contributed by atoms with Gasteiger partial charge in [-0.2, -0.15) is 0 Å². The number of aromatic nitrogens is 8. The number of carbonyl (C=O) groups excluding carboxylic acids is 4. The van der Waals surface area contributed by atoms with E-state index in [2.05, 4.69) is 29.9 Å². The molecule has 8 bridgehead atoms. The van der Waals surface area contributed by atoms with Crippen molar-refractivity contribution in [1.82, 2.24) is 39.9 Å². The zero-order valence-corrected chi connectivity index (χ0v) is 28.6.